The molecule has 10 atom stereocenters. The first-order valence-electron chi connectivity index (χ1n) is 7.57. The molecule has 150 valence electrons. The van der Waals surface area contributed by atoms with Crippen LogP contribution in [0.5, 0.6) is 0 Å². The third kappa shape index (κ3) is 3.63. The monoisotopic (exact) mass is 383 g/mol. The van der Waals surface area contributed by atoms with Gasteiger partial charge in [0.25, 0.3) is 0 Å². The second-order valence-electron chi connectivity index (χ2n) is 5.93. The summed E-state index contributed by atoms with van der Waals surface area (Å²) in [5.74, 6) is 0. The normalized spacial score (nSPS) is 49.5. The summed E-state index contributed by atoms with van der Waals surface area (Å²) in [6.07, 6.45) is -16.1. The van der Waals surface area contributed by atoms with E-state index in [4.69, 9.17) is 19.7 Å². The fourth-order valence-electron chi connectivity index (χ4n) is 2.77. The largest absolute Gasteiger partial charge is 0.394 e. The third-order valence-corrected chi connectivity index (χ3v) is 4.31. The molecular weight excluding hydrogens is 362 g/mol. The van der Waals surface area contributed by atoms with Crippen molar-refractivity contribution in [2.24, 2.45) is 5.11 Å². The van der Waals surface area contributed by atoms with E-state index in [9.17, 15) is 40.9 Å². The number of ether oxygens (including phenoxy) is 3. The highest BCUT2D eigenvalue weighted by molar-refractivity contribution is 5.00. The number of hydrogen-bond donors (Lipinski definition) is 8. The summed E-state index contributed by atoms with van der Waals surface area (Å²) in [6, 6.07) is 0. The molecule has 0 spiro atoms. The molecule has 0 amide bonds. The SMILES string of the molecule is [N-]=[N+]=N[C@]1(CO)O[C@H](O[C@H]2[C@H](O)[C@@H](O)[C@H](O)O[C@@H]2CO)[C@H](O)[C@@H](O)[C@H]1O. The molecule has 0 aliphatic carbocycles. The van der Waals surface area contributed by atoms with Crippen LogP contribution >= 0.6 is 0 Å². The van der Waals surface area contributed by atoms with Crippen LogP contribution in [-0.4, -0.2) is 115 Å². The molecule has 26 heavy (non-hydrogen) atoms. The predicted octanol–water partition coefficient (Wildman–Crippen LogP) is -4.76. The van der Waals surface area contributed by atoms with Gasteiger partial charge in [-0.2, -0.15) is 0 Å². The lowest BCUT2D eigenvalue weighted by Crippen LogP contribution is -2.67. The van der Waals surface area contributed by atoms with Gasteiger partial charge in [-0.3, -0.25) is 0 Å². The van der Waals surface area contributed by atoms with E-state index >= 15 is 0 Å². The summed E-state index contributed by atoms with van der Waals surface area (Å²) in [5.41, 5.74) is 6.20. The zero-order chi connectivity index (χ0) is 19.6. The number of nitrogens with zero attached hydrogens (tertiary/aromatic N) is 3. The van der Waals surface area contributed by atoms with Gasteiger partial charge in [-0.05, 0) is 5.53 Å². The molecule has 2 saturated heterocycles. The van der Waals surface area contributed by atoms with Crippen LogP contribution in [0.2, 0.25) is 0 Å². The first kappa shape index (κ1) is 21.2. The molecule has 0 radical (unpaired) electrons. The maximum Gasteiger partial charge on any atom is 0.201 e. The Bertz CT molecular complexity index is 533. The molecule has 2 aliphatic heterocycles. The van der Waals surface area contributed by atoms with Crippen LogP contribution in [0.15, 0.2) is 5.11 Å². The van der Waals surface area contributed by atoms with Gasteiger partial charge in [-0.1, -0.05) is 5.11 Å². The van der Waals surface area contributed by atoms with E-state index in [1.807, 2.05) is 0 Å². The minimum absolute atomic E-state index is 0.763. The lowest BCUT2D eigenvalue weighted by atomic mass is 9.94. The Morgan fingerprint density at radius 2 is 1.65 bits per heavy atom. The van der Waals surface area contributed by atoms with Crippen LogP contribution in [0.25, 0.3) is 10.4 Å². The molecule has 0 aromatic rings. The average Bonchev–Trinajstić information content (AvgIpc) is 2.63. The summed E-state index contributed by atoms with van der Waals surface area (Å²) in [7, 11) is 0. The van der Waals surface area contributed by atoms with Crippen LogP contribution in [0.1, 0.15) is 0 Å². The number of azide groups is 1. The van der Waals surface area contributed by atoms with E-state index in [-0.39, 0.29) is 0 Å². The number of aliphatic hydroxyl groups excluding tert-OH is 8. The van der Waals surface area contributed by atoms with E-state index in [0.29, 0.717) is 0 Å². The van der Waals surface area contributed by atoms with Crippen molar-refractivity contribution in [2.45, 2.75) is 61.0 Å². The van der Waals surface area contributed by atoms with Crippen molar-refractivity contribution in [3.63, 3.8) is 0 Å². The van der Waals surface area contributed by atoms with Crippen LogP contribution in [0.3, 0.4) is 0 Å². The molecular formula is C12H21N3O11. The average molecular weight is 383 g/mol. The maximum atomic E-state index is 10.0. The molecule has 8 N–H and O–H groups in total. The highest BCUT2D eigenvalue weighted by Gasteiger charge is 2.56. The molecule has 0 bridgehead atoms. The van der Waals surface area contributed by atoms with Crippen molar-refractivity contribution in [3.8, 4) is 0 Å². The Morgan fingerprint density at radius 1 is 1.00 bits per heavy atom. The fourth-order valence-corrected chi connectivity index (χ4v) is 2.77. The standard InChI is InChI=1S/C12H21N3O11/c13-15-14-12(2-17)9(22)5(19)7(21)11(26-12)25-8-3(1-16)24-10(23)6(20)4(8)18/h3-11,16-23H,1-2H2/t3-,4-,5-,6-,7-,8-,9-,10-,11+,12-/m1/s1. The summed E-state index contributed by atoms with van der Waals surface area (Å²) in [4.78, 5) is 2.41. The zero-order valence-electron chi connectivity index (χ0n) is 13.3. The van der Waals surface area contributed by atoms with Gasteiger partial charge in [0.2, 0.25) is 5.72 Å². The third-order valence-electron chi connectivity index (χ3n) is 4.31. The van der Waals surface area contributed by atoms with Gasteiger partial charge in [0.1, 0.15) is 42.7 Å². The number of rotatable bonds is 5. The van der Waals surface area contributed by atoms with E-state index in [0.717, 1.165) is 0 Å². The summed E-state index contributed by atoms with van der Waals surface area (Å²) in [6.45, 7) is -1.85. The smallest absolute Gasteiger partial charge is 0.201 e. The Balaban J connectivity index is 2.27. The highest BCUT2D eigenvalue weighted by atomic mass is 16.7. The minimum atomic E-state index is -2.40. The molecule has 2 fully saturated rings. The van der Waals surface area contributed by atoms with Gasteiger partial charge in [0, 0.05) is 4.91 Å². The topological polar surface area (TPSA) is 238 Å². The Labute approximate surface area is 146 Å². The Morgan fingerprint density at radius 3 is 2.19 bits per heavy atom. The van der Waals surface area contributed by atoms with E-state index in [1.165, 1.54) is 0 Å². The van der Waals surface area contributed by atoms with E-state index < -0.39 is 74.2 Å². The van der Waals surface area contributed by atoms with Gasteiger partial charge >= 0.3 is 0 Å². The zero-order valence-corrected chi connectivity index (χ0v) is 13.3. The maximum absolute atomic E-state index is 10.0. The summed E-state index contributed by atoms with van der Waals surface area (Å²) in [5, 5.41) is 80.9. The molecule has 2 rings (SSSR count). The quantitative estimate of drug-likeness (QED) is 0.127. The lowest BCUT2D eigenvalue weighted by Gasteiger charge is -2.48. The van der Waals surface area contributed by atoms with Crippen molar-refractivity contribution >= 4 is 0 Å². The van der Waals surface area contributed by atoms with E-state index in [1.54, 1.807) is 0 Å². The first-order valence-corrected chi connectivity index (χ1v) is 7.57. The molecule has 0 aromatic carbocycles. The van der Waals surface area contributed by atoms with Crippen LogP contribution in [0.4, 0.5) is 0 Å². The molecule has 0 unspecified atom stereocenters. The van der Waals surface area contributed by atoms with Crippen molar-refractivity contribution in [2.75, 3.05) is 13.2 Å². The second-order valence-corrected chi connectivity index (χ2v) is 5.93. The van der Waals surface area contributed by atoms with Crippen molar-refractivity contribution in [1.29, 1.82) is 0 Å². The summed E-state index contributed by atoms with van der Waals surface area (Å²) < 4.78 is 15.2. The molecule has 0 saturated carbocycles. The van der Waals surface area contributed by atoms with Gasteiger partial charge < -0.3 is 55.1 Å². The van der Waals surface area contributed by atoms with Gasteiger partial charge in [0.05, 0.1) is 13.2 Å². The Hall–Kier alpha value is -1.13. The van der Waals surface area contributed by atoms with Gasteiger partial charge in [-0.25, -0.2) is 0 Å². The molecule has 0 aromatic heterocycles. The van der Waals surface area contributed by atoms with Crippen LogP contribution in [-0.2, 0) is 14.2 Å². The van der Waals surface area contributed by atoms with E-state index in [2.05, 4.69) is 10.0 Å². The van der Waals surface area contributed by atoms with Crippen molar-refractivity contribution < 1.29 is 55.1 Å². The van der Waals surface area contributed by atoms with Crippen molar-refractivity contribution in [3.05, 3.63) is 10.4 Å². The van der Waals surface area contributed by atoms with Crippen LogP contribution < -0.4 is 0 Å². The molecule has 14 heteroatoms. The van der Waals surface area contributed by atoms with Gasteiger partial charge in [-0.15, -0.1) is 0 Å². The lowest BCUT2D eigenvalue weighted by molar-refractivity contribution is -0.374. The van der Waals surface area contributed by atoms with Crippen molar-refractivity contribution in [1.82, 2.24) is 0 Å². The number of aliphatic hydroxyl groups is 8. The molecule has 2 heterocycles. The van der Waals surface area contributed by atoms with Gasteiger partial charge in [0.15, 0.2) is 12.6 Å². The fraction of sp³-hybridized carbons (Fsp3) is 1.00. The first-order chi connectivity index (χ1) is 12.2. The Kier molecular flexibility index (Phi) is 6.73. The minimum Gasteiger partial charge on any atom is -0.394 e. The molecule has 2 aliphatic rings. The predicted molar refractivity (Wildman–Crippen MR) is 76.7 cm³/mol. The van der Waals surface area contributed by atoms with Crippen LogP contribution in [0, 0.1) is 0 Å². The number of hydrogen-bond acceptors (Lipinski definition) is 12. The summed E-state index contributed by atoms with van der Waals surface area (Å²) >= 11 is 0. The highest BCUT2D eigenvalue weighted by Crippen LogP contribution is 2.34. The molecule has 14 nitrogen and oxygen atoms in total. The second kappa shape index (κ2) is 8.26.